The first-order chi connectivity index (χ1) is 8.29. The average Bonchev–Trinajstić information content (AvgIpc) is 2.40. The van der Waals surface area contributed by atoms with Gasteiger partial charge in [-0.1, -0.05) is 0 Å². The number of carbonyl (C=O) groups is 1. The second-order valence-corrected chi connectivity index (χ2v) is 4.30. The number of nitrogens with zero attached hydrogens (tertiary/aromatic N) is 1. The van der Waals surface area contributed by atoms with Crippen LogP contribution in [0.3, 0.4) is 0 Å². The van der Waals surface area contributed by atoms with Gasteiger partial charge in [-0.05, 0) is 37.8 Å². The van der Waals surface area contributed by atoms with Gasteiger partial charge in [0.2, 0.25) is 0 Å². The zero-order valence-electron chi connectivity index (χ0n) is 9.96. The van der Waals surface area contributed by atoms with E-state index in [-0.39, 0.29) is 18.0 Å². The number of aromatic nitrogens is 1. The first kappa shape index (κ1) is 11.9. The van der Waals surface area contributed by atoms with Crippen LogP contribution in [0.25, 0.3) is 0 Å². The highest BCUT2D eigenvalue weighted by Crippen LogP contribution is 2.28. The summed E-state index contributed by atoms with van der Waals surface area (Å²) in [5.41, 5.74) is 0. The molecule has 0 bridgehead atoms. The Balaban J connectivity index is 1.82. The Labute approximate surface area is 101 Å². The van der Waals surface area contributed by atoms with Gasteiger partial charge in [-0.15, -0.1) is 0 Å². The molecule has 0 aromatic carbocycles. The second-order valence-electron chi connectivity index (χ2n) is 4.30. The Morgan fingerprint density at radius 3 is 2.71 bits per heavy atom. The van der Waals surface area contributed by atoms with E-state index in [1.807, 2.05) is 12.1 Å². The Hall–Kier alpha value is -1.58. The first-order valence-electron chi connectivity index (χ1n) is 5.94. The molecule has 92 valence electrons. The maximum Gasteiger partial charge on any atom is 0.308 e. The van der Waals surface area contributed by atoms with Crippen LogP contribution in [-0.2, 0) is 9.53 Å². The van der Waals surface area contributed by atoms with Gasteiger partial charge in [-0.3, -0.25) is 9.78 Å². The van der Waals surface area contributed by atoms with Crippen LogP contribution in [0.4, 0.5) is 0 Å². The standard InChI is InChI=1S/C13H17NO3/c1-16-13(15)10-4-6-11(7-5-10)17-12-3-2-8-14-9-12/h2-3,8-11H,4-7H2,1H3. The summed E-state index contributed by atoms with van der Waals surface area (Å²) in [6.45, 7) is 0. The molecule has 0 amide bonds. The molecular formula is C13H17NO3. The molecule has 1 aromatic heterocycles. The lowest BCUT2D eigenvalue weighted by Gasteiger charge is -2.27. The van der Waals surface area contributed by atoms with Crippen LogP contribution in [0.5, 0.6) is 5.75 Å². The molecule has 4 heteroatoms. The van der Waals surface area contributed by atoms with E-state index in [4.69, 9.17) is 9.47 Å². The van der Waals surface area contributed by atoms with Crippen molar-refractivity contribution in [3.63, 3.8) is 0 Å². The molecule has 0 saturated heterocycles. The third kappa shape index (κ3) is 3.19. The van der Waals surface area contributed by atoms with Gasteiger partial charge in [0.1, 0.15) is 5.75 Å². The van der Waals surface area contributed by atoms with Crippen molar-refractivity contribution < 1.29 is 14.3 Å². The number of hydrogen-bond donors (Lipinski definition) is 0. The van der Waals surface area contributed by atoms with E-state index < -0.39 is 0 Å². The highest BCUT2D eigenvalue weighted by atomic mass is 16.5. The van der Waals surface area contributed by atoms with Crippen molar-refractivity contribution in [2.24, 2.45) is 5.92 Å². The summed E-state index contributed by atoms with van der Waals surface area (Å²) in [4.78, 5) is 15.4. The van der Waals surface area contributed by atoms with Crippen LogP contribution < -0.4 is 4.74 Å². The van der Waals surface area contributed by atoms with Crippen molar-refractivity contribution >= 4 is 5.97 Å². The van der Waals surface area contributed by atoms with Gasteiger partial charge in [0.05, 0.1) is 25.3 Å². The van der Waals surface area contributed by atoms with Gasteiger partial charge in [-0.25, -0.2) is 0 Å². The van der Waals surface area contributed by atoms with Crippen molar-refractivity contribution in [1.29, 1.82) is 0 Å². The Kier molecular flexibility index (Phi) is 3.96. The Morgan fingerprint density at radius 2 is 2.12 bits per heavy atom. The van der Waals surface area contributed by atoms with Crippen molar-refractivity contribution in [2.75, 3.05) is 7.11 Å². The molecule has 1 aromatic rings. The largest absolute Gasteiger partial charge is 0.489 e. The fourth-order valence-corrected chi connectivity index (χ4v) is 2.19. The predicted octanol–water partition coefficient (Wildman–Crippen LogP) is 2.19. The molecule has 1 aliphatic rings. The lowest BCUT2D eigenvalue weighted by atomic mass is 9.87. The normalized spacial score (nSPS) is 24.1. The van der Waals surface area contributed by atoms with Crippen molar-refractivity contribution in [2.45, 2.75) is 31.8 Å². The fourth-order valence-electron chi connectivity index (χ4n) is 2.19. The molecule has 0 N–H and O–H groups in total. The number of carbonyl (C=O) groups excluding carboxylic acids is 1. The van der Waals surface area contributed by atoms with Gasteiger partial charge < -0.3 is 9.47 Å². The zero-order chi connectivity index (χ0) is 12.1. The molecule has 1 heterocycles. The minimum Gasteiger partial charge on any atom is -0.489 e. The number of hydrogen-bond acceptors (Lipinski definition) is 4. The monoisotopic (exact) mass is 235 g/mol. The summed E-state index contributed by atoms with van der Waals surface area (Å²) >= 11 is 0. The average molecular weight is 235 g/mol. The third-order valence-corrected chi connectivity index (χ3v) is 3.15. The van der Waals surface area contributed by atoms with Gasteiger partial charge in [0, 0.05) is 6.20 Å². The molecule has 1 saturated carbocycles. The number of ether oxygens (including phenoxy) is 2. The van der Waals surface area contributed by atoms with E-state index in [0.717, 1.165) is 31.4 Å². The van der Waals surface area contributed by atoms with Crippen LogP contribution in [0.1, 0.15) is 25.7 Å². The van der Waals surface area contributed by atoms with Crippen molar-refractivity contribution in [3.05, 3.63) is 24.5 Å². The summed E-state index contributed by atoms with van der Waals surface area (Å²) in [6.07, 6.45) is 7.12. The lowest BCUT2D eigenvalue weighted by molar-refractivity contribution is -0.147. The molecule has 4 nitrogen and oxygen atoms in total. The maximum atomic E-state index is 11.4. The smallest absolute Gasteiger partial charge is 0.308 e. The van der Waals surface area contributed by atoms with Crippen LogP contribution in [0.2, 0.25) is 0 Å². The van der Waals surface area contributed by atoms with Crippen molar-refractivity contribution in [1.82, 2.24) is 4.98 Å². The third-order valence-electron chi connectivity index (χ3n) is 3.15. The van der Waals surface area contributed by atoms with E-state index in [1.54, 1.807) is 12.4 Å². The highest BCUT2D eigenvalue weighted by molar-refractivity contribution is 5.72. The summed E-state index contributed by atoms with van der Waals surface area (Å²) < 4.78 is 10.6. The van der Waals surface area contributed by atoms with E-state index in [9.17, 15) is 4.79 Å². The van der Waals surface area contributed by atoms with Crippen LogP contribution in [0, 0.1) is 5.92 Å². The molecular weight excluding hydrogens is 218 g/mol. The molecule has 0 unspecified atom stereocenters. The lowest BCUT2D eigenvalue weighted by Crippen LogP contribution is -2.28. The summed E-state index contributed by atoms with van der Waals surface area (Å²) in [5.74, 6) is 0.757. The number of methoxy groups -OCH3 is 1. The first-order valence-corrected chi connectivity index (χ1v) is 5.94. The van der Waals surface area contributed by atoms with Gasteiger partial charge >= 0.3 is 5.97 Å². The van der Waals surface area contributed by atoms with E-state index in [1.165, 1.54) is 7.11 Å². The summed E-state index contributed by atoms with van der Waals surface area (Å²) in [6, 6.07) is 3.76. The molecule has 1 aliphatic carbocycles. The summed E-state index contributed by atoms with van der Waals surface area (Å²) in [7, 11) is 1.45. The van der Waals surface area contributed by atoms with E-state index in [2.05, 4.69) is 4.98 Å². The van der Waals surface area contributed by atoms with Crippen LogP contribution >= 0.6 is 0 Å². The predicted molar refractivity (Wildman–Crippen MR) is 62.6 cm³/mol. The highest BCUT2D eigenvalue weighted by Gasteiger charge is 2.27. The zero-order valence-corrected chi connectivity index (χ0v) is 9.96. The Morgan fingerprint density at radius 1 is 1.35 bits per heavy atom. The van der Waals surface area contributed by atoms with Crippen LogP contribution in [0.15, 0.2) is 24.5 Å². The van der Waals surface area contributed by atoms with E-state index >= 15 is 0 Å². The second kappa shape index (κ2) is 5.66. The molecule has 1 fully saturated rings. The Bertz CT molecular complexity index is 358. The fraction of sp³-hybridized carbons (Fsp3) is 0.538. The minimum atomic E-state index is -0.0928. The van der Waals surface area contributed by atoms with Gasteiger partial charge in [0.25, 0.3) is 0 Å². The van der Waals surface area contributed by atoms with E-state index in [0.29, 0.717) is 0 Å². The minimum absolute atomic E-state index is 0.0498. The number of pyridine rings is 1. The molecule has 0 atom stereocenters. The molecule has 0 radical (unpaired) electrons. The SMILES string of the molecule is COC(=O)C1CCC(Oc2cccnc2)CC1. The van der Waals surface area contributed by atoms with Gasteiger partial charge in [-0.2, -0.15) is 0 Å². The maximum absolute atomic E-state index is 11.4. The van der Waals surface area contributed by atoms with Crippen LogP contribution in [-0.4, -0.2) is 24.2 Å². The topological polar surface area (TPSA) is 48.4 Å². The number of rotatable bonds is 3. The van der Waals surface area contributed by atoms with Crippen molar-refractivity contribution in [3.8, 4) is 5.75 Å². The molecule has 2 rings (SSSR count). The molecule has 0 aliphatic heterocycles. The number of esters is 1. The quantitative estimate of drug-likeness (QED) is 0.753. The van der Waals surface area contributed by atoms with Gasteiger partial charge in [0.15, 0.2) is 0 Å². The summed E-state index contributed by atoms with van der Waals surface area (Å²) in [5, 5.41) is 0. The molecule has 0 spiro atoms. The molecule has 17 heavy (non-hydrogen) atoms.